The molecule has 2 aliphatic heterocycles. The van der Waals surface area contributed by atoms with Crippen molar-refractivity contribution in [3.05, 3.63) is 57.6 Å². The molecule has 35 heavy (non-hydrogen) atoms. The summed E-state index contributed by atoms with van der Waals surface area (Å²) in [6.07, 6.45) is 1.61. The van der Waals surface area contributed by atoms with Crippen molar-refractivity contribution in [3.63, 3.8) is 0 Å². The van der Waals surface area contributed by atoms with Crippen molar-refractivity contribution in [1.82, 2.24) is 5.01 Å². The number of nitrogens with zero attached hydrogens (tertiary/aromatic N) is 3. The van der Waals surface area contributed by atoms with Crippen LogP contribution in [-0.4, -0.2) is 47.3 Å². The molecule has 0 spiro atoms. The number of carbonyl (C=O) groups excluding carboxylic acids is 1. The van der Waals surface area contributed by atoms with Gasteiger partial charge in [-0.1, -0.05) is 26.0 Å². The Bertz CT molecular complexity index is 1270. The Morgan fingerprint density at radius 2 is 1.97 bits per heavy atom. The highest BCUT2D eigenvalue weighted by Gasteiger charge is 2.36. The first-order chi connectivity index (χ1) is 16.8. The van der Waals surface area contributed by atoms with Crippen LogP contribution in [-0.2, 0) is 4.79 Å². The number of aliphatic imine (C=N–C) groups is 1. The molecule has 182 valence electrons. The number of halogens is 1. The second-order valence-electron chi connectivity index (χ2n) is 8.16. The molecule has 0 atom stereocenters. The molecule has 4 rings (SSSR count). The van der Waals surface area contributed by atoms with E-state index in [1.54, 1.807) is 25.3 Å². The Hall–Kier alpha value is -3.11. The van der Waals surface area contributed by atoms with Crippen molar-refractivity contribution in [2.24, 2.45) is 16.0 Å². The van der Waals surface area contributed by atoms with Crippen LogP contribution in [0.5, 0.6) is 17.2 Å². The highest BCUT2D eigenvalue weighted by molar-refractivity contribution is 9.10. The monoisotopic (exact) mass is 556 g/mol. The summed E-state index contributed by atoms with van der Waals surface area (Å²) < 4.78 is 17.8. The van der Waals surface area contributed by atoms with Gasteiger partial charge in [-0.25, -0.2) is 0 Å². The minimum absolute atomic E-state index is 0.00753. The fourth-order valence-electron chi connectivity index (χ4n) is 3.38. The maximum atomic E-state index is 12.7. The van der Waals surface area contributed by atoms with E-state index in [0.29, 0.717) is 39.9 Å². The summed E-state index contributed by atoms with van der Waals surface area (Å²) in [5, 5.41) is 15.6. The third kappa shape index (κ3) is 5.59. The van der Waals surface area contributed by atoms with Crippen molar-refractivity contribution >= 4 is 55.7 Å². The number of thioether (sulfide) groups is 1. The summed E-state index contributed by atoms with van der Waals surface area (Å²) in [5.41, 5.74) is 1.93. The highest BCUT2D eigenvalue weighted by atomic mass is 79.9. The summed E-state index contributed by atoms with van der Waals surface area (Å²) in [5.74, 6) is 1.49. The number of fused-ring (bicyclic) bond motifs is 1. The summed E-state index contributed by atoms with van der Waals surface area (Å²) in [7, 11) is 1.54. The predicted octanol–water partition coefficient (Wildman–Crippen LogP) is 5.50. The number of nitrogens with one attached hydrogen (secondary N) is 1. The second kappa shape index (κ2) is 10.7. The quantitative estimate of drug-likeness (QED) is 0.340. The largest absolute Gasteiger partial charge is 0.493 e. The molecule has 1 amide bonds. The van der Waals surface area contributed by atoms with Gasteiger partial charge >= 0.3 is 0 Å². The van der Waals surface area contributed by atoms with E-state index in [4.69, 9.17) is 19.6 Å². The first kappa shape index (κ1) is 25.0. The Morgan fingerprint density at radius 1 is 1.20 bits per heavy atom. The predicted molar refractivity (Wildman–Crippen MR) is 143 cm³/mol. The van der Waals surface area contributed by atoms with Crippen LogP contribution in [0.15, 0.2) is 56.5 Å². The molecule has 2 aliphatic rings. The lowest BCUT2D eigenvalue weighted by atomic mass is 10.1. The smallest absolute Gasteiger partial charge is 0.283 e. The van der Waals surface area contributed by atoms with Crippen molar-refractivity contribution < 1.29 is 19.0 Å². The fourth-order valence-corrected chi connectivity index (χ4v) is 4.85. The van der Waals surface area contributed by atoms with Crippen LogP contribution in [0.2, 0.25) is 0 Å². The van der Waals surface area contributed by atoms with Gasteiger partial charge in [0.2, 0.25) is 5.17 Å². The molecule has 2 aromatic carbocycles. The molecule has 0 fully saturated rings. The van der Waals surface area contributed by atoms with E-state index in [1.165, 1.54) is 16.8 Å². The summed E-state index contributed by atoms with van der Waals surface area (Å²) in [6, 6.07) is 11.4. The molecule has 0 aliphatic carbocycles. The zero-order valence-electron chi connectivity index (χ0n) is 19.8. The minimum atomic E-state index is -0.474. The third-order valence-electron chi connectivity index (χ3n) is 5.11. The van der Waals surface area contributed by atoms with Gasteiger partial charge in [0.1, 0.15) is 24.0 Å². The number of ether oxygens (including phenoxy) is 3. The minimum Gasteiger partial charge on any atom is -0.493 e. The summed E-state index contributed by atoms with van der Waals surface area (Å²) in [6.45, 7) is 6.71. The molecule has 2 heterocycles. The zero-order valence-corrected chi connectivity index (χ0v) is 22.2. The lowest BCUT2D eigenvalue weighted by Crippen LogP contribution is -2.35. The van der Waals surface area contributed by atoms with Gasteiger partial charge in [0.25, 0.3) is 5.91 Å². The highest BCUT2D eigenvalue weighted by Crippen LogP contribution is 2.38. The molecule has 0 saturated carbocycles. The molecule has 0 bridgehead atoms. The number of methoxy groups -OCH3 is 1. The average Bonchev–Trinajstić information content (AvgIpc) is 3.25. The topological polar surface area (TPSA) is 96.6 Å². The van der Waals surface area contributed by atoms with E-state index in [1.807, 2.05) is 45.0 Å². The van der Waals surface area contributed by atoms with Crippen LogP contribution >= 0.6 is 27.7 Å². The molecule has 0 unspecified atom stereocenters. The fraction of sp³-hybridized carbons (Fsp3) is 0.280. The van der Waals surface area contributed by atoms with E-state index >= 15 is 0 Å². The van der Waals surface area contributed by atoms with Crippen LogP contribution in [0.1, 0.15) is 25.0 Å². The van der Waals surface area contributed by atoms with Gasteiger partial charge < -0.3 is 14.2 Å². The van der Waals surface area contributed by atoms with E-state index < -0.39 is 5.91 Å². The molecule has 8 nitrogen and oxygen atoms in total. The first-order valence-electron chi connectivity index (χ1n) is 11.0. The normalized spacial score (nSPS) is 16.4. The Balaban J connectivity index is 1.50. The summed E-state index contributed by atoms with van der Waals surface area (Å²) >= 11 is 4.85. The van der Waals surface area contributed by atoms with Crippen LogP contribution in [0, 0.1) is 18.3 Å². The van der Waals surface area contributed by atoms with Gasteiger partial charge in [-0.05, 0) is 76.1 Å². The van der Waals surface area contributed by atoms with E-state index in [-0.39, 0.29) is 17.3 Å². The zero-order chi connectivity index (χ0) is 25.1. The molecular formula is C25H25BrN4O4S. The van der Waals surface area contributed by atoms with E-state index in [0.717, 1.165) is 16.4 Å². The number of aryl methyl sites for hydroxylation is 1. The molecule has 0 radical (unpaired) electrons. The SMILES string of the molecule is COc1cc(/C=C2/C(=N)N3N=C(C(C)C)SC3=NC2=O)cc(Br)c1OCCOc1cccc(C)c1. The molecule has 0 aromatic heterocycles. The van der Waals surface area contributed by atoms with Gasteiger partial charge in [-0.3, -0.25) is 10.2 Å². The van der Waals surface area contributed by atoms with Crippen LogP contribution in [0.3, 0.4) is 0 Å². The maximum absolute atomic E-state index is 12.7. The molecule has 0 saturated heterocycles. The number of benzene rings is 2. The Kier molecular flexibility index (Phi) is 7.61. The summed E-state index contributed by atoms with van der Waals surface area (Å²) in [4.78, 5) is 16.8. The number of hydrogen-bond acceptors (Lipinski definition) is 7. The first-order valence-corrected chi connectivity index (χ1v) is 12.6. The number of rotatable bonds is 8. The average molecular weight is 557 g/mol. The molecule has 10 heteroatoms. The molecular weight excluding hydrogens is 532 g/mol. The molecule has 1 N–H and O–H groups in total. The van der Waals surface area contributed by atoms with Gasteiger partial charge in [0, 0.05) is 5.92 Å². The number of amides is 1. The van der Waals surface area contributed by atoms with E-state index in [2.05, 4.69) is 26.0 Å². The second-order valence-corrected chi connectivity index (χ2v) is 10.0. The number of hydrogen-bond donors (Lipinski definition) is 1. The van der Waals surface area contributed by atoms with E-state index in [9.17, 15) is 4.79 Å². The van der Waals surface area contributed by atoms with Crippen LogP contribution < -0.4 is 14.2 Å². The van der Waals surface area contributed by atoms with Crippen LogP contribution in [0.4, 0.5) is 0 Å². The van der Waals surface area contributed by atoms with Crippen molar-refractivity contribution in [2.45, 2.75) is 20.8 Å². The van der Waals surface area contributed by atoms with Crippen molar-refractivity contribution in [2.75, 3.05) is 20.3 Å². The number of amidine groups is 2. The van der Waals surface area contributed by atoms with Crippen molar-refractivity contribution in [1.29, 1.82) is 5.41 Å². The van der Waals surface area contributed by atoms with Crippen molar-refractivity contribution in [3.8, 4) is 17.2 Å². The lowest BCUT2D eigenvalue weighted by molar-refractivity contribution is -0.114. The van der Waals surface area contributed by atoms with Gasteiger partial charge in [0.15, 0.2) is 17.3 Å². The Labute approximate surface area is 216 Å². The van der Waals surface area contributed by atoms with Gasteiger partial charge in [0.05, 0.1) is 17.2 Å². The van der Waals surface area contributed by atoms with Gasteiger partial charge in [-0.2, -0.15) is 15.1 Å². The number of carbonyl (C=O) groups is 1. The lowest BCUT2D eigenvalue weighted by Gasteiger charge is -2.20. The standard InChI is InChI=1S/C25H25BrN4O4S/c1-14(2)24-29-30-22(27)18(23(31)28-25(30)35-24)11-16-12-19(26)21(20(13-16)32-4)34-9-8-33-17-7-5-6-15(3)10-17/h5-7,10-14,27H,8-9H2,1-4H3/b18-11-,27-22?. The Morgan fingerprint density at radius 3 is 2.69 bits per heavy atom. The number of hydrazone groups is 1. The molecule has 2 aromatic rings. The third-order valence-corrected chi connectivity index (χ3v) is 6.91. The maximum Gasteiger partial charge on any atom is 0.283 e. The van der Waals surface area contributed by atoms with Crippen LogP contribution in [0.25, 0.3) is 6.08 Å². The van der Waals surface area contributed by atoms with Gasteiger partial charge in [-0.15, -0.1) is 0 Å².